The predicted octanol–water partition coefficient (Wildman–Crippen LogP) is 4.57. The van der Waals surface area contributed by atoms with Crippen molar-refractivity contribution in [2.45, 2.75) is 19.5 Å². The summed E-state index contributed by atoms with van der Waals surface area (Å²) in [6.07, 6.45) is 1.24. The van der Waals surface area contributed by atoms with Gasteiger partial charge in [0.15, 0.2) is 0 Å². The summed E-state index contributed by atoms with van der Waals surface area (Å²) in [6, 6.07) is 9.22. The normalized spacial score (nSPS) is 16.6. The lowest BCUT2D eigenvalue weighted by molar-refractivity contribution is -0.121. The summed E-state index contributed by atoms with van der Waals surface area (Å²) in [7, 11) is 0. The number of nitrogens with zero attached hydrogens (tertiary/aromatic N) is 1. The van der Waals surface area contributed by atoms with Crippen LogP contribution in [0.2, 0.25) is 5.02 Å². The average Bonchev–Trinajstić information content (AvgIpc) is 2.70. The number of carbonyl (C=O) groups is 2. The third kappa shape index (κ3) is 5.41. The molecule has 1 N–H and O–H groups in total. The second-order valence-corrected chi connectivity index (χ2v) is 7.02. The molecule has 1 fully saturated rings. The molecule has 0 spiro atoms. The van der Waals surface area contributed by atoms with E-state index in [9.17, 15) is 22.8 Å². The molecular formula is C20H18ClF3N2O3. The van der Waals surface area contributed by atoms with Gasteiger partial charge in [-0.05, 0) is 55.3 Å². The van der Waals surface area contributed by atoms with Gasteiger partial charge >= 0.3 is 6.61 Å². The Bertz CT molecular complexity index is 893. The lowest BCUT2D eigenvalue weighted by atomic mass is 9.96. The van der Waals surface area contributed by atoms with Gasteiger partial charge in [-0.2, -0.15) is 8.78 Å². The highest BCUT2D eigenvalue weighted by Gasteiger charge is 2.29. The zero-order valence-electron chi connectivity index (χ0n) is 15.2. The molecule has 1 aliphatic heterocycles. The highest BCUT2D eigenvalue weighted by Crippen LogP contribution is 2.29. The van der Waals surface area contributed by atoms with E-state index in [0.717, 1.165) is 0 Å². The van der Waals surface area contributed by atoms with Crippen molar-refractivity contribution < 1.29 is 27.5 Å². The average molecular weight is 427 g/mol. The number of ether oxygens (including phenoxy) is 1. The van der Waals surface area contributed by atoms with Gasteiger partial charge in [-0.25, -0.2) is 4.39 Å². The Kier molecular flexibility index (Phi) is 6.64. The van der Waals surface area contributed by atoms with Crippen LogP contribution < -0.4 is 10.1 Å². The molecule has 0 saturated carbocycles. The van der Waals surface area contributed by atoms with Crippen molar-refractivity contribution in [3.8, 4) is 5.75 Å². The predicted molar refractivity (Wildman–Crippen MR) is 102 cm³/mol. The summed E-state index contributed by atoms with van der Waals surface area (Å²) in [5.41, 5.74) is 0.692. The van der Waals surface area contributed by atoms with E-state index in [1.165, 1.54) is 42.5 Å². The fourth-order valence-electron chi connectivity index (χ4n) is 3.17. The van der Waals surface area contributed by atoms with E-state index >= 15 is 0 Å². The Morgan fingerprint density at radius 1 is 1.17 bits per heavy atom. The van der Waals surface area contributed by atoms with Crippen LogP contribution in [0.4, 0.5) is 18.9 Å². The summed E-state index contributed by atoms with van der Waals surface area (Å²) < 4.78 is 41.9. The van der Waals surface area contributed by atoms with E-state index in [4.69, 9.17) is 11.6 Å². The number of piperidine rings is 1. The van der Waals surface area contributed by atoms with Crippen LogP contribution in [0.5, 0.6) is 5.75 Å². The van der Waals surface area contributed by atoms with E-state index in [1.54, 1.807) is 4.90 Å². The van der Waals surface area contributed by atoms with Gasteiger partial charge in [-0.3, -0.25) is 9.59 Å². The Balaban J connectivity index is 1.63. The van der Waals surface area contributed by atoms with Gasteiger partial charge in [-0.1, -0.05) is 11.6 Å². The first-order valence-electron chi connectivity index (χ1n) is 8.93. The second kappa shape index (κ2) is 9.17. The maximum atomic E-state index is 13.1. The highest BCUT2D eigenvalue weighted by atomic mass is 35.5. The summed E-state index contributed by atoms with van der Waals surface area (Å²) in [4.78, 5) is 26.7. The smallest absolute Gasteiger partial charge is 0.387 e. The molecule has 0 bridgehead atoms. The fourth-order valence-corrected chi connectivity index (χ4v) is 3.39. The lowest BCUT2D eigenvalue weighted by Crippen LogP contribution is -2.43. The topological polar surface area (TPSA) is 58.6 Å². The van der Waals surface area contributed by atoms with Crippen molar-refractivity contribution in [1.82, 2.24) is 4.90 Å². The second-order valence-electron chi connectivity index (χ2n) is 6.61. The van der Waals surface area contributed by atoms with Gasteiger partial charge in [0.1, 0.15) is 11.6 Å². The number of amides is 2. The van der Waals surface area contributed by atoms with E-state index < -0.39 is 18.3 Å². The van der Waals surface area contributed by atoms with Crippen LogP contribution in [-0.2, 0) is 4.79 Å². The van der Waals surface area contributed by atoms with E-state index in [2.05, 4.69) is 10.1 Å². The fraction of sp³-hybridized carbons (Fsp3) is 0.300. The van der Waals surface area contributed by atoms with Gasteiger partial charge in [0, 0.05) is 24.3 Å². The molecule has 1 saturated heterocycles. The number of rotatable bonds is 5. The van der Waals surface area contributed by atoms with Crippen molar-refractivity contribution in [2.24, 2.45) is 5.92 Å². The molecule has 2 aromatic carbocycles. The Morgan fingerprint density at radius 2 is 1.90 bits per heavy atom. The van der Waals surface area contributed by atoms with Crippen molar-refractivity contribution in [3.05, 3.63) is 58.9 Å². The number of alkyl halides is 2. The highest BCUT2D eigenvalue weighted by molar-refractivity contribution is 6.32. The molecule has 2 amide bonds. The molecule has 0 unspecified atom stereocenters. The summed E-state index contributed by atoms with van der Waals surface area (Å²) in [5, 5.41) is 2.63. The van der Waals surface area contributed by atoms with E-state index in [-0.39, 0.29) is 29.1 Å². The zero-order valence-corrected chi connectivity index (χ0v) is 16.0. The molecule has 5 nitrogen and oxygen atoms in total. The van der Waals surface area contributed by atoms with Crippen molar-refractivity contribution in [1.29, 1.82) is 0 Å². The minimum atomic E-state index is -3.00. The maximum absolute atomic E-state index is 13.1. The van der Waals surface area contributed by atoms with Crippen molar-refractivity contribution >= 4 is 29.1 Å². The van der Waals surface area contributed by atoms with Crippen LogP contribution in [0.25, 0.3) is 0 Å². The van der Waals surface area contributed by atoms with Crippen LogP contribution in [0.1, 0.15) is 23.2 Å². The number of halogens is 4. The largest absolute Gasteiger partial charge is 0.433 e. The molecule has 154 valence electrons. The van der Waals surface area contributed by atoms with E-state index in [0.29, 0.717) is 30.6 Å². The molecule has 1 atom stereocenters. The third-order valence-electron chi connectivity index (χ3n) is 4.59. The zero-order chi connectivity index (χ0) is 21.0. The Hall–Kier alpha value is -2.74. The van der Waals surface area contributed by atoms with Crippen LogP contribution in [0.15, 0.2) is 42.5 Å². The molecule has 0 aliphatic carbocycles. The van der Waals surface area contributed by atoms with Gasteiger partial charge in [0.2, 0.25) is 5.91 Å². The van der Waals surface area contributed by atoms with Crippen molar-refractivity contribution in [3.63, 3.8) is 0 Å². The quantitative estimate of drug-likeness (QED) is 0.761. The minimum Gasteiger partial charge on any atom is -0.433 e. The Morgan fingerprint density at radius 3 is 2.55 bits per heavy atom. The number of anilines is 1. The first-order valence-corrected chi connectivity index (χ1v) is 9.31. The molecule has 1 heterocycles. The molecule has 3 rings (SSSR count). The molecule has 0 radical (unpaired) electrons. The van der Waals surface area contributed by atoms with Crippen LogP contribution in [0, 0.1) is 11.7 Å². The van der Waals surface area contributed by atoms with Crippen LogP contribution in [-0.4, -0.2) is 36.4 Å². The summed E-state index contributed by atoms with van der Waals surface area (Å²) in [5.74, 6) is -1.63. The monoisotopic (exact) mass is 426 g/mol. The number of hydrogen-bond donors (Lipinski definition) is 1. The van der Waals surface area contributed by atoms with Gasteiger partial charge in [0.25, 0.3) is 5.91 Å². The van der Waals surface area contributed by atoms with E-state index in [1.807, 2.05) is 0 Å². The standard InChI is InChI=1S/C20H18ClF3N2O3/c21-16-10-15(7-8-17(16)29-20(23)24)25-18(27)13-2-1-9-26(11-13)19(28)12-3-5-14(22)6-4-12/h3-8,10,13,20H,1-2,9,11H2,(H,25,27)/t13-/m0/s1. The van der Waals surface area contributed by atoms with Crippen molar-refractivity contribution in [2.75, 3.05) is 18.4 Å². The van der Waals surface area contributed by atoms with Gasteiger partial charge in [-0.15, -0.1) is 0 Å². The number of likely N-dealkylation sites (tertiary alicyclic amines) is 1. The molecule has 9 heteroatoms. The SMILES string of the molecule is O=C(Nc1ccc(OC(F)F)c(Cl)c1)[C@H]1CCCN(C(=O)c2ccc(F)cc2)C1. The minimum absolute atomic E-state index is 0.0557. The lowest BCUT2D eigenvalue weighted by Gasteiger charge is -2.32. The first kappa shape index (κ1) is 21.0. The van der Waals surface area contributed by atoms with Gasteiger partial charge in [0.05, 0.1) is 10.9 Å². The molecule has 1 aliphatic rings. The first-order chi connectivity index (χ1) is 13.8. The molecular weight excluding hydrogens is 409 g/mol. The molecule has 29 heavy (non-hydrogen) atoms. The van der Waals surface area contributed by atoms with Crippen LogP contribution >= 0.6 is 11.6 Å². The number of hydrogen-bond acceptors (Lipinski definition) is 3. The summed E-state index contributed by atoms with van der Waals surface area (Å²) in [6.45, 7) is -2.27. The van der Waals surface area contributed by atoms with Gasteiger partial charge < -0.3 is 15.0 Å². The maximum Gasteiger partial charge on any atom is 0.387 e. The number of nitrogens with one attached hydrogen (secondary N) is 1. The Labute approximate surface area is 170 Å². The number of carbonyl (C=O) groups excluding carboxylic acids is 2. The molecule has 0 aromatic heterocycles. The molecule has 2 aromatic rings. The number of benzene rings is 2. The third-order valence-corrected chi connectivity index (χ3v) is 4.88. The van der Waals surface area contributed by atoms with Crippen LogP contribution in [0.3, 0.4) is 0 Å². The summed E-state index contributed by atoms with van der Waals surface area (Å²) >= 11 is 5.90.